The van der Waals surface area contributed by atoms with Crippen LogP contribution in [0.5, 0.6) is 0 Å². The van der Waals surface area contributed by atoms with Gasteiger partial charge in [0, 0.05) is 12.5 Å². The van der Waals surface area contributed by atoms with E-state index in [1.165, 1.54) is 19.3 Å². The van der Waals surface area contributed by atoms with Crippen molar-refractivity contribution in [3.05, 3.63) is 12.2 Å². The Bertz CT molecular complexity index is 413. The van der Waals surface area contributed by atoms with Crippen molar-refractivity contribution >= 4 is 5.78 Å². The van der Waals surface area contributed by atoms with Crippen LogP contribution in [0, 0.1) is 11.8 Å². The maximum atomic E-state index is 12.4. The summed E-state index contributed by atoms with van der Waals surface area (Å²) < 4.78 is 1.87. The third-order valence-corrected chi connectivity index (χ3v) is 4.28. The number of nitrogens with zero attached hydrogens (tertiary/aromatic N) is 3. The first kappa shape index (κ1) is 14.2. The molecule has 0 amide bonds. The van der Waals surface area contributed by atoms with E-state index in [-0.39, 0.29) is 5.92 Å². The number of hydrogen-bond donors (Lipinski definition) is 0. The lowest BCUT2D eigenvalue weighted by atomic mass is 9.78. The molecule has 0 aromatic carbocycles. The van der Waals surface area contributed by atoms with Crippen molar-refractivity contribution in [2.24, 2.45) is 11.8 Å². The van der Waals surface area contributed by atoms with Crippen molar-refractivity contribution in [1.82, 2.24) is 14.8 Å². The summed E-state index contributed by atoms with van der Waals surface area (Å²) >= 11 is 0. The Kier molecular flexibility index (Phi) is 5.11. The molecule has 0 N–H and O–H groups in total. The van der Waals surface area contributed by atoms with Crippen LogP contribution < -0.4 is 0 Å². The monoisotopic (exact) mass is 263 g/mol. The number of carbonyl (C=O) groups is 1. The largest absolute Gasteiger partial charge is 0.299 e. The van der Waals surface area contributed by atoms with Crippen LogP contribution in [0.1, 0.15) is 58.2 Å². The Balaban J connectivity index is 1.94. The molecule has 1 heterocycles. The van der Waals surface area contributed by atoms with Crippen LogP contribution >= 0.6 is 0 Å². The van der Waals surface area contributed by atoms with Gasteiger partial charge in [-0.2, -0.15) is 5.10 Å². The molecule has 1 aliphatic rings. The Morgan fingerprint density at radius 2 is 2.26 bits per heavy atom. The third-order valence-electron chi connectivity index (χ3n) is 4.28. The lowest BCUT2D eigenvalue weighted by molar-refractivity contribution is -0.123. The highest BCUT2D eigenvalue weighted by atomic mass is 16.1. The van der Waals surface area contributed by atoms with Gasteiger partial charge in [0.15, 0.2) is 0 Å². The molecule has 4 heteroatoms. The van der Waals surface area contributed by atoms with Crippen molar-refractivity contribution in [1.29, 1.82) is 0 Å². The number of ketones is 1. The Labute approximate surface area is 115 Å². The molecule has 106 valence electrons. The van der Waals surface area contributed by atoms with Crippen molar-refractivity contribution < 1.29 is 4.79 Å². The summed E-state index contributed by atoms with van der Waals surface area (Å²) in [6.45, 7) is 5.19. The fourth-order valence-corrected chi connectivity index (χ4v) is 3.08. The van der Waals surface area contributed by atoms with Gasteiger partial charge in [0.25, 0.3) is 0 Å². The Morgan fingerprint density at radius 3 is 3.00 bits per heavy atom. The van der Waals surface area contributed by atoms with E-state index in [1.54, 1.807) is 6.33 Å². The molecule has 1 fully saturated rings. The molecule has 0 spiro atoms. The minimum Gasteiger partial charge on any atom is -0.299 e. The highest BCUT2D eigenvalue weighted by Crippen LogP contribution is 2.31. The minimum atomic E-state index is 0.255. The van der Waals surface area contributed by atoms with E-state index in [9.17, 15) is 4.79 Å². The summed E-state index contributed by atoms with van der Waals surface area (Å²) in [6, 6.07) is 0. The Morgan fingerprint density at radius 1 is 1.42 bits per heavy atom. The van der Waals surface area contributed by atoms with Gasteiger partial charge >= 0.3 is 0 Å². The zero-order chi connectivity index (χ0) is 13.7. The summed E-state index contributed by atoms with van der Waals surface area (Å²) in [6.07, 6.45) is 8.90. The second-order valence-corrected chi connectivity index (χ2v) is 5.68. The fourth-order valence-electron chi connectivity index (χ4n) is 3.08. The average molecular weight is 263 g/mol. The lowest BCUT2D eigenvalue weighted by Crippen LogP contribution is -2.25. The highest BCUT2D eigenvalue weighted by molar-refractivity contribution is 5.82. The number of Topliss-reactive ketones (excluding diaryl/α,β-unsaturated/α-hetero) is 1. The molecule has 2 atom stereocenters. The van der Waals surface area contributed by atoms with Gasteiger partial charge in [0.1, 0.15) is 17.9 Å². The van der Waals surface area contributed by atoms with Gasteiger partial charge in [-0.15, -0.1) is 0 Å². The zero-order valence-corrected chi connectivity index (χ0v) is 12.1. The molecule has 2 rings (SSSR count). The van der Waals surface area contributed by atoms with Gasteiger partial charge < -0.3 is 0 Å². The highest BCUT2D eigenvalue weighted by Gasteiger charge is 2.27. The van der Waals surface area contributed by atoms with E-state index in [2.05, 4.69) is 23.9 Å². The van der Waals surface area contributed by atoms with Crippen molar-refractivity contribution in [2.75, 3.05) is 0 Å². The van der Waals surface area contributed by atoms with Gasteiger partial charge in [0.05, 0.1) is 6.42 Å². The molecule has 0 aliphatic heterocycles. The van der Waals surface area contributed by atoms with E-state index in [4.69, 9.17) is 0 Å². The first-order valence-electron chi connectivity index (χ1n) is 7.64. The van der Waals surface area contributed by atoms with Gasteiger partial charge in [-0.05, 0) is 25.2 Å². The fraction of sp³-hybridized carbons (Fsp3) is 0.800. The molecule has 0 saturated heterocycles. The van der Waals surface area contributed by atoms with E-state index in [0.29, 0.717) is 12.2 Å². The summed E-state index contributed by atoms with van der Waals surface area (Å²) in [5, 5.41) is 4.19. The van der Waals surface area contributed by atoms with Gasteiger partial charge in [-0.25, -0.2) is 9.67 Å². The van der Waals surface area contributed by atoms with Gasteiger partial charge in [-0.3, -0.25) is 4.79 Å². The first-order chi connectivity index (χ1) is 9.24. The first-order valence-corrected chi connectivity index (χ1v) is 7.64. The number of aryl methyl sites for hydroxylation is 1. The van der Waals surface area contributed by atoms with Crippen LogP contribution in [0.15, 0.2) is 6.33 Å². The van der Waals surface area contributed by atoms with Crippen molar-refractivity contribution in [3.8, 4) is 0 Å². The molecule has 1 aliphatic carbocycles. The topological polar surface area (TPSA) is 47.8 Å². The molecular weight excluding hydrogens is 238 g/mol. The summed E-state index contributed by atoms with van der Waals surface area (Å²) in [7, 11) is 0. The standard InChI is InChI=1S/C15H25N3O/c1-3-8-18-15(16-11-17-18)10-14(19)13-7-5-6-12(4-2)9-13/h11-13H,3-10H2,1-2H3. The second kappa shape index (κ2) is 6.83. The van der Waals surface area contributed by atoms with Crippen LogP contribution in [0.4, 0.5) is 0 Å². The predicted molar refractivity (Wildman–Crippen MR) is 74.8 cm³/mol. The smallest absolute Gasteiger partial charge is 0.143 e. The van der Waals surface area contributed by atoms with Crippen LogP contribution in [-0.2, 0) is 17.8 Å². The molecule has 0 bridgehead atoms. The normalized spacial score (nSPS) is 23.5. The maximum Gasteiger partial charge on any atom is 0.143 e. The number of rotatable bonds is 6. The Hall–Kier alpha value is -1.19. The quantitative estimate of drug-likeness (QED) is 0.792. The van der Waals surface area contributed by atoms with Crippen LogP contribution in [0.3, 0.4) is 0 Å². The summed E-state index contributed by atoms with van der Waals surface area (Å²) in [5.74, 6) is 2.20. The number of hydrogen-bond acceptors (Lipinski definition) is 3. The maximum absolute atomic E-state index is 12.4. The van der Waals surface area contributed by atoms with E-state index < -0.39 is 0 Å². The molecule has 1 aromatic heterocycles. The number of carbonyl (C=O) groups excluding carboxylic acids is 1. The zero-order valence-electron chi connectivity index (χ0n) is 12.1. The summed E-state index contributed by atoms with van der Waals surface area (Å²) in [5.41, 5.74) is 0. The number of aromatic nitrogens is 3. The predicted octanol–water partition coefficient (Wildman–Crippen LogP) is 3.02. The third kappa shape index (κ3) is 3.64. The molecular formula is C15H25N3O. The summed E-state index contributed by atoms with van der Waals surface area (Å²) in [4.78, 5) is 16.6. The van der Waals surface area contributed by atoms with Gasteiger partial charge in [0.2, 0.25) is 0 Å². The molecule has 2 unspecified atom stereocenters. The van der Waals surface area contributed by atoms with E-state index in [1.807, 2.05) is 4.68 Å². The van der Waals surface area contributed by atoms with Crippen LogP contribution in [0.25, 0.3) is 0 Å². The second-order valence-electron chi connectivity index (χ2n) is 5.68. The molecule has 1 aromatic rings. The van der Waals surface area contributed by atoms with Crippen LogP contribution in [0.2, 0.25) is 0 Å². The van der Waals surface area contributed by atoms with Gasteiger partial charge in [-0.1, -0.05) is 33.1 Å². The van der Waals surface area contributed by atoms with Crippen molar-refractivity contribution in [3.63, 3.8) is 0 Å². The molecule has 4 nitrogen and oxygen atoms in total. The van der Waals surface area contributed by atoms with E-state index >= 15 is 0 Å². The van der Waals surface area contributed by atoms with Crippen molar-refractivity contribution in [2.45, 2.75) is 65.3 Å². The SMILES string of the molecule is CCCn1ncnc1CC(=O)C1CCCC(CC)C1. The lowest BCUT2D eigenvalue weighted by Gasteiger charge is -2.27. The minimum absolute atomic E-state index is 0.255. The van der Waals surface area contributed by atoms with E-state index in [0.717, 1.165) is 37.5 Å². The molecule has 19 heavy (non-hydrogen) atoms. The van der Waals surface area contributed by atoms with Crippen LogP contribution in [-0.4, -0.2) is 20.5 Å². The average Bonchev–Trinajstić information content (AvgIpc) is 2.86. The molecule has 0 radical (unpaired) electrons. The molecule has 1 saturated carbocycles.